The highest BCUT2D eigenvalue weighted by Crippen LogP contribution is 2.28. The van der Waals surface area contributed by atoms with Gasteiger partial charge < -0.3 is 9.64 Å². The van der Waals surface area contributed by atoms with E-state index >= 15 is 0 Å². The van der Waals surface area contributed by atoms with Crippen LogP contribution in [0.4, 0.5) is 5.82 Å². The van der Waals surface area contributed by atoms with Crippen molar-refractivity contribution >= 4 is 5.82 Å². The number of benzene rings is 1. The molecule has 0 saturated carbocycles. The number of ether oxygens (including phenoxy) is 1. The SMILES string of the molecule is COc1cccc(-c2nc(N(C)C)c(C#N)cc2C)c1. The Kier molecular flexibility index (Phi) is 3.90. The van der Waals surface area contributed by atoms with Gasteiger partial charge in [0.15, 0.2) is 0 Å². The van der Waals surface area contributed by atoms with E-state index < -0.39 is 0 Å². The molecular weight excluding hydrogens is 250 g/mol. The summed E-state index contributed by atoms with van der Waals surface area (Å²) < 4.78 is 5.25. The molecule has 102 valence electrons. The predicted octanol–water partition coefficient (Wildman–Crippen LogP) is 3.00. The summed E-state index contributed by atoms with van der Waals surface area (Å²) in [7, 11) is 5.41. The number of methoxy groups -OCH3 is 1. The number of rotatable bonds is 3. The van der Waals surface area contributed by atoms with E-state index in [1.165, 1.54) is 0 Å². The average Bonchev–Trinajstić information content (AvgIpc) is 2.46. The molecule has 0 aliphatic heterocycles. The molecule has 0 unspecified atom stereocenters. The summed E-state index contributed by atoms with van der Waals surface area (Å²) in [5, 5.41) is 9.20. The molecule has 1 aromatic heterocycles. The number of nitrogens with zero attached hydrogens (tertiary/aromatic N) is 3. The van der Waals surface area contributed by atoms with Crippen molar-refractivity contribution in [3.8, 4) is 23.1 Å². The van der Waals surface area contributed by atoms with Gasteiger partial charge in [0.2, 0.25) is 0 Å². The zero-order valence-corrected chi connectivity index (χ0v) is 12.1. The van der Waals surface area contributed by atoms with Gasteiger partial charge in [-0.15, -0.1) is 0 Å². The Morgan fingerprint density at radius 3 is 2.60 bits per heavy atom. The number of aryl methyl sites for hydroxylation is 1. The van der Waals surface area contributed by atoms with Crippen LogP contribution >= 0.6 is 0 Å². The van der Waals surface area contributed by atoms with Crippen LogP contribution < -0.4 is 9.64 Å². The summed E-state index contributed by atoms with van der Waals surface area (Å²) in [6.45, 7) is 1.96. The van der Waals surface area contributed by atoms with Gasteiger partial charge in [-0.25, -0.2) is 4.98 Å². The van der Waals surface area contributed by atoms with Crippen molar-refractivity contribution in [2.45, 2.75) is 6.92 Å². The molecule has 0 spiro atoms. The quantitative estimate of drug-likeness (QED) is 0.857. The van der Waals surface area contributed by atoms with Gasteiger partial charge in [-0.3, -0.25) is 0 Å². The van der Waals surface area contributed by atoms with Crippen molar-refractivity contribution in [3.63, 3.8) is 0 Å². The Labute approximate surface area is 119 Å². The van der Waals surface area contributed by atoms with E-state index in [1.807, 2.05) is 56.3 Å². The molecule has 0 atom stereocenters. The van der Waals surface area contributed by atoms with Gasteiger partial charge in [0.1, 0.15) is 17.6 Å². The lowest BCUT2D eigenvalue weighted by Crippen LogP contribution is -2.13. The Morgan fingerprint density at radius 2 is 2.00 bits per heavy atom. The van der Waals surface area contributed by atoms with Crippen molar-refractivity contribution in [2.24, 2.45) is 0 Å². The molecule has 0 fully saturated rings. The van der Waals surface area contributed by atoms with Crippen molar-refractivity contribution in [1.82, 2.24) is 4.98 Å². The molecule has 4 heteroatoms. The second-order valence-corrected chi connectivity index (χ2v) is 4.76. The van der Waals surface area contributed by atoms with E-state index in [0.29, 0.717) is 11.4 Å². The van der Waals surface area contributed by atoms with Gasteiger partial charge in [-0.1, -0.05) is 12.1 Å². The van der Waals surface area contributed by atoms with Crippen LogP contribution in [-0.4, -0.2) is 26.2 Å². The smallest absolute Gasteiger partial charge is 0.146 e. The molecule has 2 aromatic rings. The summed E-state index contributed by atoms with van der Waals surface area (Å²) in [6.07, 6.45) is 0. The van der Waals surface area contributed by atoms with Crippen LogP contribution in [0.25, 0.3) is 11.3 Å². The molecule has 0 aliphatic carbocycles. The first-order valence-corrected chi connectivity index (χ1v) is 6.30. The molecule has 1 heterocycles. The summed E-state index contributed by atoms with van der Waals surface area (Å²) in [4.78, 5) is 6.48. The summed E-state index contributed by atoms with van der Waals surface area (Å²) in [6, 6.07) is 11.8. The zero-order chi connectivity index (χ0) is 14.7. The Balaban J connectivity index is 2.62. The fourth-order valence-corrected chi connectivity index (χ4v) is 2.09. The monoisotopic (exact) mass is 267 g/mol. The Morgan fingerprint density at radius 1 is 1.25 bits per heavy atom. The largest absolute Gasteiger partial charge is 0.497 e. The molecule has 0 radical (unpaired) electrons. The van der Waals surface area contributed by atoms with Gasteiger partial charge in [0, 0.05) is 19.7 Å². The Hall–Kier alpha value is -2.54. The average molecular weight is 267 g/mol. The minimum Gasteiger partial charge on any atom is -0.497 e. The number of aromatic nitrogens is 1. The highest BCUT2D eigenvalue weighted by molar-refractivity contribution is 5.69. The molecule has 0 saturated heterocycles. The third kappa shape index (κ3) is 2.57. The van der Waals surface area contributed by atoms with Crippen molar-refractivity contribution < 1.29 is 4.74 Å². The van der Waals surface area contributed by atoms with Crippen LogP contribution in [0.3, 0.4) is 0 Å². The van der Waals surface area contributed by atoms with Gasteiger partial charge in [-0.05, 0) is 30.7 Å². The number of nitriles is 1. The lowest BCUT2D eigenvalue weighted by atomic mass is 10.0. The number of hydrogen-bond donors (Lipinski definition) is 0. The van der Waals surface area contributed by atoms with E-state index in [2.05, 4.69) is 11.1 Å². The lowest BCUT2D eigenvalue weighted by Gasteiger charge is -2.16. The Bertz CT molecular complexity index is 672. The summed E-state index contributed by atoms with van der Waals surface area (Å²) in [5.74, 6) is 1.47. The molecule has 0 N–H and O–H groups in total. The van der Waals surface area contributed by atoms with Crippen molar-refractivity contribution in [1.29, 1.82) is 5.26 Å². The second kappa shape index (κ2) is 5.62. The second-order valence-electron chi connectivity index (χ2n) is 4.76. The maximum absolute atomic E-state index is 9.20. The molecule has 0 aliphatic rings. The topological polar surface area (TPSA) is 49.1 Å². The molecule has 20 heavy (non-hydrogen) atoms. The van der Waals surface area contributed by atoms with Crippen LogP contribution in [0, 0.1) is 18.3 Å². The predicted molar refractivity (Wildman–Crippen MR) is 80.0 cm³/mol. The van der Waals surface area contributed by atoms with Gasteiger partial charge in [0.25, 0.3) is 0 Å². The number of anilines is 1. The van der Waals surface area contributed by atoms with Crippen LogP contribution in [-0.2, 0) is 0 Å². The maximum atomic E-state index is 9.20. The van der Waals surface area contributed by atoms with Crippen LogP contribution in [0.5, 0.6) is 5.75 Å². The molecule has 1 aromatic carbocycles. The van der Waals surface area contributed by atoms with E-state index in [-0.39, 0.29) is 0 Å². The van der Waals surface area contributed by atoms with Crippen LogP contribution in [0.2, 0.25) is 0 Å². The van der Waals surface area contributed by atoms with Gasteiger partial charge in [0.05, 0.1) is 18.4 Å². The fourth-order valence-electron chi connectivity index (χ4n) is 2.09. The van der Waals surface area contributed by atoms with E-state index in [0.717, 1.165) is 22.6 Å². The van der Waals surface area contributed by atoms with Gasteiger partial charge in [-0.2, -0.15) is 5.26 Å². The summed E-state index contributed by atoms with van der Waals surface area (Å²) >= 11 is 0. The minimum absolute atomic E-state index is 0.583. The highest BCUT2D eigenvalue weighted by atomic mass is 16.5. The molecule has 0 amide bonds. The molecule has 4 nitrogen and oxygen atoms in total. The first-order valence-electron chi connectivity index (χ1n) is 6.30. The zero-order valence-electron chi connectivity index (χ0n) is 12.1. The van der Waals surface area contributed by atoms with E-state index in [9.17, 15) is 5.26 Å². The minimum atomic E-state index is 0.583. The number of hydrogen-bond acceptors (Lipinski definition) is 4. The van der Waals surface area contributed by atoms with E-state index in [1.54, 1.807) is 7.11 Å². The highest BCUT2D eigenvalue weighted by Gasteiger charge is 2.12. The maximum Gasteiger partial charge on any atom is 0.146 e. The number of pyridine rings is 1. The first-order chi connectivity index (χ1) is 9.56. The normalized spacial score (nSPS) is 9.95. The molecular formula is C16H17N3O. The third-order valence-corrected chi connectivity index (χ3v) is 3.08. The van der Waals surface area contributed by atoms with E-state index in [4.69, 9.17) is 4.74 Å². The third-order valence-electron chi connectivity index (χ3n) is 3.08. The van der Waals surface area contributed by atoms with Crippen LogP contribution in [0.15, 0.2) is 30.3 Å². The lowest BCUT2D eigenvalue weighted by molar-refractivity contribution is 0.415. The summed E-state index contributed by atoms with van der Waals surface area (Å²) in [5.41, 5.74) is 3.40. The molecule has 2 rings (SSSR count). The molecule has 0 bridgehead atoms. The standard InChI is InChI=1S/C16H17N3O/c1-11-8-13(10-17)16(19(2)3)18-15(11)12-6-5-7-14(9-12)20-4/h5-9H,1-4H3. The van der Waals surface area contributed by atoms with Crippen molar-refractivity contribution in [2.75, 3.05) is 26.1 Å². The van der Waals surface area contributed by atoms with Gasteiger partial charge >= 0.3 is 0 Å². The first kappa shape index (κ1) is 13.9. The fraction of sp³-hybridized carbons (Fsp3) is 0.250. The van der Waals surface area contributed by atoms with Crippen molar-refractivity contribution in [3.05, 3.63) is 41.5 Å². The van der Waals surface area contributed by atoms with Crippen LogP contribution in [0.1, 0.15) is 11.1 Å².